The lowest BCUT2D eigenvalue weighted by Gasteiger charge is -2.18. The molecule has 0 saturated heterocycles. The second-order valence-corrected chi connectivity index (χ2v) is 4.04. The Morgan fingerprint density at radius 2 is 1.95 bits per heavy atom. The van der Waals surface area contributed by atoms with Crippen LogP contribution in [0.1, 0.15) is 10.4 Å². The molecule has 0 aliphatic heterocycles. The molecule has 0 atom stereocenters. The number of nitrogens with zero attached hydrogens (tertiary/aromatic N) is 2. The summed E-state index contributed by atoms with van der Waals surface area (Å²) in [6.07, 6.45) is 4.52. The maximum absolute atomic E-state index is 11.9. The van der Waals surface area contributed by atoms with Crippen LogP contribution in [0.25, 0.3) is 0 Å². The first-order chi connectivity index (χ1) is 10.1. The third-order valence-electron chi connectivity index (χ3n) is 2.56. The molecule has 6 nitrogen and oxygen atoms in total. The van der Waals surface area contributed by atoms with Crippen LogP contribution in [-0.4, -0.2) is 48.6 Å². The number of carbonyl (C=O) groups is 2. The van der Waals surface area contributed by atoms with E-state index in [2.05, 4.69) is 18.1 Å². The van der Waals surface area contributed by atoms with Gasteiger partial charge in [0.25, 0.3) is 5.91 Å². The molecule has 0 unspecified atom stereocenters. The van der Waals surface area contributed by atoms with E-state index in [9.17, 15) is 9.59 Å². The molecular weight excluding hydrogens is 272 g/mol. The van der Waals surface area contributed by atoms with Gasteiger partial charge in [-0.15, -0.1) is 13.2 Å². The molecule has 0 N–H and O–H groups in total. The van der Waals surface area contributed by atoms with Gasteiger partial charge in [0, 0.05) is 25.4 Å². The normalized spacial score (nSPS) is 9.57. The molecule has 0 aromatic carbocycles. The summed E-state index contributed by atoms with van der Waals surface area (Å²) in [5.41, 5.74) is 0.252. The minimum absolute atomic E-state index is 0.252. The summed E-state index contributed by atoms with van der Waals surface area (Å²) < 4.78 is 9.85. The zero-order valence-electron chi connectivity index (χ0n) is 11.9. The second kappa shape index (κ2) is 8.52. The molecule has 0 aliphatic rings. The number of rotatable bonds is 8. The second-order valence-electron chi connectivity index (χ2n) is 4.04. The molecule has 1 aromatic heterocycles. The van der Waals surface area contributed by atoms with Gasteiger partial charge in [-0.1, -0.05) is 12.2 Å². The summed E-state index contributed by atoms with van der Waals surface area (Å²) >= 11 is 0. The topological polar surface area (TPSA) is 68.7 Å². The van der Waals surface area contributed by atoms with E-state index >= 15 is 0 Å². The highest BCUT2D eigenvalue weighted by molar-refractivity contribution is 5.91. The third-order valence-corrected chi connectivity index (χ3v) is 2.56. The maximum Gasteiger partial charge on any atom is 0.340 e. The van der Waals surface area contributed by atoms with E-state index in [1.54, 1.807) is 18.2 Å². The maximum atomic E-state index is 11.9. The number of methoxy groups -OCH3 is 1. The fourth-order valence-corrected chi connectivity index (χ4v) is 1.51. The summed E-state index contributed by atoms with van der Waals surface area (Å²) in [6.45, 7) is 7.53. The Morgan fingerprint density at radius 1 is 1.29 bits per heavy atom. The van der Waals surface area contributed by atoms with Crippen molar-refractivity contribution < 1.29 is 19.1 Å². The Hall–Kier alpha value is -2.63. The van der Waals surface area contributed by atoms with Crippen molar-refractivity contribution in [3.8, 4) is 5.88 Å². The van der Waals surface area contributed by atoms with E-state index in [1.807, 2.05) is 0 Å². The summed E-state index contributed by atoms with van der Waals surface area (Å²) in [5.74, 6) is -0.536. The first-order valence-electron chi connectivity index (χ1n) is 6.29. The lowest BCUT2D eigenvalue weighted by atomic mass is 10.3. The van der Waals surface area contributed by atoms with Crippen LogP contribution < -0.4 is 4.74 Å². The highest BCUT2D eigenvalue weighted by Gasteiger charge is 2.15. The Morgan fingerprint density at radius 3 is 2.43 bits per heavy atom. The Bertz CT molecular complexity index is 501. The summed E-state index contributed by atoms with van der Waals surface area (Å²) in [6, 6.07) is 3.06. The van der Waals surface area contributed by atoms with E-state index in [0.29, 0.717) is 19.0 Å². The monoisotopic (exact) mass is 290 g/mol. The van der Waals surface area contributed by atoms with Crippen LogP contribution in [-0.2, 0) is 9.53 Å². The van der Waals surface area contributed by atoms with Gasteiger partial charge in [0.1, 0.15) is 0 Å². The van der Waals surface area contributed by atoms with E-state index in [0.717, 1.165) is 0 Å². The zero-order valence-corrected chi connectivity index (χ0v) is 11.9. The van der Waals surface area contributed by atoms with Crippen molar-refractivity contribution in [3.05, 3.63) is 49.2 Å². The van der Waals surface area contributed by atoms with Crippen molar-refractivity contribution in [2.45, 2.75) is 0 Å². The minimum Gasteiger partial charge on any atom is -0.481 e. The van der Waals surface area contributed by atoms with Crippen LogP contribution in [0.2, 0.25) is 0 Å². The number of pyridine rings is 1. The van der Waals surface area contributed by atoms with Crippen molar-refractivity contribution in [3.63, 3.8) is 0 Å². The van der Waals surface area contributed by atoms with Gasteiger partial charge in [-0.2, -0.15) is 0 Å². The van der Waals surface area contributed by atoms with Gasteiger partial charge >= 0.3 is 5.97 Å². The Labute approximate surface area is 123 Å². The standard InChI is InChI=1S/C15H18N2O4/c1-4-8-17(9-5-2)14(18)11-21-15(19)12-6-7-13(20-3)16-10-12/h4-7,10H,1-2,8-9,11H2,3H3. The predicted molar refractivity (Wildman–Crippen MR) is 78.0 cm³/mol. The molecule has 0 fully saturated rings. The third kappa shape index (κ3) is 5.10. The molecule has 0 radical (unpaired) electrons. The predicted octanol–water partition coefficient (Wildman–Crippen LogP) is 1.45. The summed E-state index contributed by atoms with van der Waals surface area (Å²) in [4.78, 5) is 29.0. The SMILES string of the molecule is C=CCN(CC=C)C(=O)COC(=O)c1ccc(OC)nc1. The van der Waals surface area contributed by atoms with Crippen LogP contribution in [0.3, 0.4) is 0 Å². The van der Waals surface area contributed by atoms with Crippen LogP contribution in [0.5, 0.6) is 5.88 Å². The quantitative estimate of drug-likeness (QED) is 0.535. The fourth-order valence-electron chi connectivity index (χ4n) is 1.51. The number of amides is 1. The molecule has 0 bridgehead atoms. The molecule has 1 amide bonds. The first kappa shape index (κ1) is 16.4. The van der Waals surface area contributed by atoms with Gasteiger partial charge in [-0.3, -0.25) is 4.79 Å². The van der Waals surface area contributed by atoms with Crippen molar-refractivity contribution >= 4 is 11.9 Å². The van der Waals surface area contributed by atoms with Gasteiger partial charge in [0.15, 0.2) is 6.61 Å². The highest BCUT2D eigenvalue weighted by Crippen LogP contribution is 2.07. The average molecular weight is 290 g/mol. The van der Waals surface area contributed by atoms with Gasteiger partial charge in [0.05, 0.1) is 12.7 Å². The summed E-state index contributed by atoms with van der Waals surface area (Å²) in [5, 5.41) is 0. The van der Waals surface area contributed by atoms with E-state index < -0.39 is 5.97 Å². The number of aromatic nitrogens is 1. The molecule has 1 heterocycles. The number of ether oxygens (including phenoxy) is 2. The minimum atomic E-state index is -0.615. The van der Waals surface area contributed by atoms with Crippen molar-refractivity contribution in [1.82, 2.24) is 9.88 Å². The van der Waals surface area contributed by atoms with E-state index in [1.165, 1.54) is 24.3 Å². The Kier molecular flexibility index (Phi) is 6.67. The van der Waals surface area contributed by atoms with Crippen molar-refractivity contribution in [2.24, 2.45) is 0 Å². The largest absolute Gasteiger partial charge is 0.481 e. The van der Waals surface area contributed by atoms with E-state index in [-0.39, 0.29) is 18.1 Å². The van der Waals surface area contributed by atoms with Crippen molar-refractivity contribution in [1.29, 1.82) is 0 Å². The van der Waals surface area contributed by atoms with Gasteiger partial charge in [-0.05, 0) is 6.07 Å². The number of hydrogen-bond donors (Lipinski definition) is 0. The van der Waals surface area contributed by atoms with Gasteiger partial charge in [-0.25, -0.2) is 9.78 Å². The van der Waals surface area contributed by atoms with Crippen LogP contribution >= 0.6 is 0 Å². The summed E-state index contributed by atoms with van der Waals surface area (Å²) in [7, 11) is 1.48. The molecule has 6 heteroatoms. The average Bonchev–Trinajstić information content (AvgIpc) is 2.52. The number of esters is 1. The number of hydrogen-bond acceptors (Lipinski definition) is 5. The zero-order chi connectivity index (χ0) is 15.7. The molecule has 1 rings (SSSR count). The molecule has 21 heavy (non-hydrogen) atoms. The van der Waals surface area contributed by atoms with E-state index in [4.69, 9.17) is 9.47 Å². The van der Waals surface area contributed by atoms with Gasteiger partial charge in [0.2, 0.25) is 5.88 Å². The first-order valence-corrected chi connectivity index (χ1v) is 6.29. The van der Waals surface area contributed by atoms with Crippen LogP contribution in [0.4, 0.5) is 0 Å². The molecule has 112 valence electrons. The molecule has 0 aliphatic carbocycles. The molecule has 1 aromatic rings. The molecule has 0 saturated carbocycles. The van der Waals surface area contributed by atoms with Crippen LogP contribution in [0.15, 0.2) is 43.6 Å². The van der Waals surface area contributed by atoms with Gasteiger partial charge < -0.3 is 14.4 Å². The molecule has 0 spiro atoms. The molecular formula is C15H18N2O4. The number of carbonyl (C=O) groups excluding carboxylic acids is 2. The van der Waals surface area contributed by atoms with Crippen LogP contribution in [0, 0.1) is 0 Å². The van der Waals surface area contributed by atoms with Crippen molar-refractivity contribution in [2.75, 3.05) is 26.8 Å². The smallest absolute Gasteiger partial charge is 0.340 e. The Balaban J connectivity index is 2.55. The highest BCUT2D eigenvalue weighted by atomic mass is 16.5. The fraction of sp³-hybridized carbons (Fsp3) is 0.267. The lowest BCUT2D eigenvalue weighted by Crippen LogP contribution is -2.35. The lowest BCUT2D eigenvalue weighted by molar-refractivity contribution is -0.133.